The van der Waals surface area contributed by atoms with Crippen LogP contribution >= 0.6 is 11.3 Å². The van der Waals surface area contributed by atoms with E-state index in [0.29, 0.717) is 32.6 Å². The Bertz CT molecular complexity index is 1690. The number of imidazole rings is 1. The minimum absolute atomic E-state index is 0.242. The molecule has 0 saturated carbocycles. The fourth-order valence-corrected chi connectivity index (χ4v) is 9.21. The molecule has 2 fully saturated rings. The number of thiazole rings is 1. The molecule has 0 spiro atoms. The number of sulfonamides is 1. The third-order valence-electron chi connectivity index (χ3n) is 8.70. The van der Waals surface area contributed by atoms with Crippen LogP contribution in [0.4, 0.5) is 9.52 Å². The van der Waals surface area contributed by atoms with Crippen LogP contribution in [0.25, 0.3) is 11.3 Å². The lowest BCUT2D eigenvalue weighted by Crippen LogP contribution is -2.50. The maximum Gasteiger partial charge on any atom is 0.254 e. The van der Waals surface area contributed by atoms with Crippen LogP contribution < -0.4 is 4.90 Å². The lowest BCUT2D eigenvalue weighted by Gasteiger charge is -2.37. The summed E-state index contributed by atoms with van der Waals surface area (Å²) in [6, 6.07) is 12.9. The molecule has 3 aliphatic rings. The highest BCUT2D eigenvalue weighted by Crippen LogP contribution is 2.35. The highest BCUT2D eigenvalue weighted by molar-refractivity contribution is 7.91. The van der Waals surface area contributed by atoms with E-state index in [1.54, 1.807) is 16.4 Å². The number of hydrogen-bond donors (Lipinski definition) is 1. The number of aliphatic hydroxyl groups excluding tert-OH is 1. The zero-order valence-electron chi connectivity index (χ0n) is 23.1. The Hall–Kier alpha value is -3.16. The number of anilines is 1. The highest BCUT2D eigenvalue weighted by Gasteiger charge is 2.37. The van der Waals surface area contributed by atoms with Gasteiger partial charge in [-0.3, -0.25) is 4.90 Å². The molecule has 12 heteroatoms. The van der Waals surface area contributed by atoms with Crippen molar-refractivity contribution < 1.29 is 17.9 Å². The first-order valence-corrected chi connectivity index (χ1v) is 16.6. The number of benzene rings is 2. The summed E-state index contributed by atoms with van der Waals surface area (Å²) in [5.41, 5.74) is 5.26. The summed E-state index contributed by atoms with van der Waals surface area (Å²) < 4.78 is 44.7. The van der Waals surface area contributed by atoms with Crippen molar-refractivity contribution in [3.05, 3.63) is 83.7 Å². The third kappa shape index (κ3) is 5.26. The number of fused-ring (bicyclic) bond motifs is 2. The predicted octanol–water partition coefficient (Wildman–Crippen LogP) is 3.39. The average molecular weight is 609 g/mol. The summed E-state index contributed by atoms with van der Waals surface area (Å²) in [5.74, 6) is -0.242. The lowest BCUT2D eigenvalue weighted by molar-refractivity contribution is 0.173. The quantitative estimate of drug-likeness (QED) is 0.344. The van der Waals surface area contributed by atoms with E-state index < -0.39 is 10.0 Å². The molecule has 5 heterocycles. The molecule has 2 aromatic heterocycles. The van der Waals surface area contributed by atoms with Crippen molar-refractivity contribution in [3.8, 4) is 11.3 Å². The number of hydrogen-bond acceptors (Lipinski definition) is 8. The summed E-state index contributed by atoms with van der Waals surface area (Å²) >= 11 is 1.24. The van der Waals surface area contributed by atoms with Gasteiger partial charge in [-0.2, -0.15) is 4.31 Å². The van der Waals surface area contributed by atoms with Crippen molar-refractivity contribution in [2.75, 3.05) is 37.6 Å². The molecule has 0 unspecified atom stereocenters. The van der Waals surface area contributed by atoms with E-state index in [9.17, 15) is 17.9 Å². The van der Waals surface area contributed by atoms with E-state index in [4.69, 9.17) is 0 Å². The second kappa shape index (κ2) is 11.2. The van der Waals surface area contributed by atoms with Gasteiger partial charge >= 0.3 is 0 Å². The largest absolute Gasteiger partial charge is 0.392 e. The molecule has 1 N–H and O–H groups in total. The minimum atomic E-state index is -3.70. The Labute approximate surface area is 248 Å². The van der Waals surface area contributed by atoms with Crippen molar-refractivity contribution in [3.63, 3.8) is 0 Å². The number of aliphatic hydroxyl groups is 1. The molecule has 3 aliphatic heterocycles. The van der Waals surface area contributed by atoms with Crippen molar-refractivity contribution in [1.29, 1.82) is 0 Å². The molecule has 2 saturated heterocycles. The molecular formula is C30H33FN6O3S2. The fraction of sp³-hybridized carbons (Fsp3) is 0.400. The standard InChI is InChI=1S/C30H33FN6O3S2/c31-23-6-4-21(5-7-23)8-10-36-20-32-15-28(36)27-3-1-2-22-17-37(11-9-26(22)27)42(39,40)29-16-33-30(41-29)35-13-12-34-19-25(38)14-24(34)18-35/h1-7,15-16,20,24-25,38H,8-14,17-19H2/t24-,25+/m0/s1. The zero-order valence-corrected chi connectivity index (χ0v) is 24.8. The van der Waals surface area contributed by atoms with Crippen LogP contribution in [0.5, 0.6) is 0 Å². The molecule has 220 valence electrons. The number of nitrogens with zero attached hydrogens (tertiary/aromatic N) is 6. The van der Waals surface area contributed by atoms with E-state index in [-0.39, 0.29) is 22.2 Å². The van der Waals surface area contributed by atoms with Crippen LogP contribution in [0, 0.1) is 5.82 Å². The molecule has 2 aromatic carbocycles. The second-order valence-electron chi connectivity index (χ2n) is 11.3. The molecule has 9 nitrogen and oxygen atoms in total. The summed E-state index contributed by atoms with van der Waals surface area (Å²) in [5, 5.41) is 10.8. The van der Waals surface area contributed by atoms with Crippen molar-refractivity contribution in [2.24, 2.45) is 0 Å². The fourth-order valence-electron chi connectivity index (χ4n) is 6.49. The molecule has 42 heavy (non-hydrogen) atoms. The van der Waals surface area contributed by atoms with Crippen LogP contribution in [0.2, 0.25) is 0 Å². The van der Waals surface area contributed by atoms with Gasteiger partial charge in [0, 0.05) is 57.4 Å². The van der Waals surface area contributed by atoms with Gasteiger partial charge in [0.1, 0.15) is 5.82 Å². The monoisotopic (exact) mass is 608 g/mol. The van der Waals surface area contributed by atoms with Crippen molar-refractivity contribution >= 4 is 26.5 Å². The van der Waals surface area contributed by atoms with E-state index in [0.717, 1.165) is 65.6 Å². The molecule has 0 amide bonds. The molecule has 0 aliphatic carbocycles. The van der Waals surface area contributed by atoms with Gasteiger partial charge in [0.2, 0.25) is 0 Å². The first-order chi connectivity index (χ1) is 20.3. The molecule has 4 aromatic rings. The van der Waals surface area contributed by atoms with Gasteiger partial charge in [-0.1, -0.05) is 41.7 Å². The van der Waals surface area contributed by atoms with Crippen molar-refractivity contribution in [2.45, 2.75) is 48.7 Å². The van der Waals surface area contributed by atoms with Crippen LogP contribution in [-0.2, 0) is 36.0 Å². The topological polar surface area (TPSA) is 94.8 Å². The molecular weight excluding hydrogens is 576 g/mol. The highest BCUT2D eigenvalue weighted by atomic mass is 32.2. The number of halogens is 1. The normalized spacial score (nSPS) is 21.4. The van der Waals surface area contributed by atoms with E-state index in [1.165, 1.54) is 29.7 Å². The van der Waals surface area contributed by atoms with Crippen LogP contribution in [0.1, 0.15) is 23.1 Å². The van der Waals surface area contributed by atoms with Gasteiger partial charge in [0.15, 0.2) is 9.34 Å². The summed E-state index contributed by atoms with van der Waals surface area (Å²) in [6.45, 7) is 4.49. The first-order valence-electron chi connectivity index (χ1n) is 14.3. The Morgan fingerprint density at radius 1 is 1.05 bits per heavy atom. The van der Waals surface area contributed by atoms with Gasteiger partial charge in [-0.15, -0.1) is 0 Å². The predicted molar refractivity (Wildman–Crippen MR) is 159 cm³/mol. The van der Waals surface area contributed by atoms with Gasteiger partial charge in [-0.25, -0.2) is 22.8 Å². The maximum absolute atomic E-state index is 13.7. The number of aromatic nitrogens is 3. The van der Waals surface area contributed by atoms with E-state index in [2.05, 4.69) is 30.4 Å². The van der Waals surface area contributed by atoms with Gasteiger partial charge in [0.25, 0.3) is 10.0 Å². The van der Waals surface area contributed by atoms with E-state index in [1.807, 2.05) is 24.7 Å². The minimum Gasteiger partial charge on any atom is -0.392 e. The van der Waals surface area contributed by atoms with Crippen LogP contribution in [0.15, 0.2) is 65.4 Å². The Balaban J connectivity index is 1.07. The lowest BCUT2D eigenvalue weighted by atomic mass is 9.94. The Morgan fingerprint density at radius 2 is 1.90 bits per heavy atom. The van der Waals surface area contributed by atoms with Gasteiger partial charge < -0.3 is 14.6 Å². The molecule has 7 rings (SSSR count). The van der Waals surface area contributed by atoms with Gasteiger partial charge in [-0.05, 0) is 48.1 Å². The molecule has 2 atom stereocenters. The number of rotatable bonds is 7. The Kier molecular flexibility index (Phi) is 7.35. The van der Waals surface area contributed by atoms with Crippen LogP contribution in [-0.4, -0.2) is 82.1 Å². The second-order valence-corrected chi connectivity index (χ2v) is 14.5. The average Bonchev–Trinajstić information content (AvgIpc) is 3.75. The summed E-state index contributed by atoms with van der Waals surface area (Å²) in [7, 11) is -3.70. The Morgan fingerprint density at radius 3 is 2.76 bits per heavy atom. The number of piperazine rings is 1. The first kappa shape index (κ1) is 27.7. The van der Waals surface area contributed by atoms with Crippen LogP contribution in [0.3, 0.4) is 0 Å². The third-order valence-corrected chi connectivity index (χ3v) is 12.0. The molecule has 0 bridgehead atoms. The smallest absolute Gasteiger partial charge is 0.254 e. The van der Waals surface area contributed by atoms with Gasteiger partial charge in [0.05, 0.1) is 30.5 Å². The SMILES string of the molecule is O=S(=O)(c1cnc(N2CCN3C[C@H](O)C[C@H]3C2)s1)N1CCc2c(cccc2-c2cncn2CCc2ccc(F)cc2)C1. The summed E-state index contributed by atoms with van der Waals surface area (Å²) in [6.07, 6.45) is 6.98. The van der Waals surface area contributed by atoms with E-state index >= 15 is 0 Å². The number of aryl methyl sites for hydroxylation is 2. The summed E-state index contributed by atoms with van der Waals surface area (Å²) in [4.78, 5) is 13.4. The zero-order chi connectivity index (χ0) is 28.8. The van der Waals surface area contributed by atoms with Crippen molar-refractivity contribution in [1.82, 2.24) is 23.7 Å². The molecule has 0 radical (unpaired) electrons. The maximum atomic E-state index is 13.7.